The number of rotatable bonds is 6. The average molecular weight is 315 g/mol. The van der Waals surface area contributed by atoms with Gasteiger partial charge in [-0.05, 0) is 12.5 Å². The summed E-state index contributed by atoms with van der Waals surface area (Å²) in [6.45, 7) is 2.46. The normalized spacial score (nSPS) is 10.1. The summed E-state index contributed by atoms with van der Waals surface area (Å²) < 4.78 is 15.7. The van der Waals surface area contributed by atoms with Crippen molar-refractivity contribution in [3.05, 3.63) is 53.1 Å². The summed E-state index contributed by atoms with van der Waals surface area (Å²) in [6.07, 6.45) is 0. The molecule has 0 heterocycles. The topological polar surface area (TPSA) is 56.8 Å². The Morgan fingerprint density at radius 1 is 0.957 bits per heavy atom. The molecule has 23 heavy (non-hydrogen) atoms. The molecule has 0 saturated heterocycles. The van der Waals surface area contributed by atoms with Gasteiger partial charge in [-0.1, -0.05) is 29.8 Å². The van der Waals surface area contributed by atoms with Crippen molar-refractivity contribution in [1.29, 1.82) is 0 Å². The highest BCUT2D eigenvalue weighted by Gasteiger charge is 2.17. The largest absolute Gasteiger partial charge is 0.496 e. The number of benzene rings is 2. The second kappa shape index (κ2) is 7.54. The van der Waals surface area contributed by atoms with Crippen LogP contribution >= 0.6 is 0 Å². The van der Waals surface area contributed by atoms with E-state index in [4.69, 9.17) is 14.2 Å². The predicted molar refractivity (Wildman–Crippen MR) is 88.4 cm³/mol. The van der Waals surface area contributed by atoms with Gasteiger partial charge in [-0.3, -0.25) is 4.79 Å². The predicted octanol–water partition coefficient (Wildman–Crippen LogP) is 2.95. The molecule has 0 bridgehead atoms. The second-order valence-electron chi connectivity index (χ2n) is 5.08. The van der Waals surface area contributed by atoms with E-state index in [-0.39, 0.29) is 5.91 Å². The molecule has 2 rings (SSSR count). The van der Waals surface area contributed by atoms with Gasteiger partial charge < -0.3 is 19.5 Å². The van der Waals surface area contributed by atoms with Gasteiger partial charge in [0.2, 0.25) is 0 Å². The first-order valence-corrected chi connectivity index (χ1v) is 7.22. The quantitative estimate of drug-likeness (QED) is 0.890. The molecule has 0 unspecified atom stereocenters. The Labute approximate surface area is 136 Å². The summed E-state index contributed by atoms with van der Waals surface area (Å²) in [5, 5.41) is 2.89. The Bertz CT molecular complexity index is 697. The maximum Gasteiger partial charge on any atom is 0.255 e. The van der Waals surface area contributed by atoms with Gasteiger partial charge in [-0.15, -0.1) is 0 Å². The third-order valence-corrected chi connectivity index (χ3v) is 3.49. The molecule has 0 radical (unpaired) electrons. The summed E-state index contributed by atoms with van der Waals surface area (Å²) in [5.41, 5.74) is 2.59. The number of amides is 1. The highest BCUT2D eigenvalue weighted by molar-refractivity contribution is 5.97. The molecule has 2 aromatic carbocycles. The molecule has 0 aliphatic carbocycles. The van der Waals surface area contributed by atoms with Crippen molar-refractivity contribution in [2.45, 2.75) is 13.5 Å². The molecule has 0 saturated carbocycles. The molecular formula is C18H21NO4. The van der Waals surface area contributed by atoms with E-state index in [9.17, 15) is 4.79 Å². The molecule has 0 fully saturated rings. The van der Waals surface area contributed by atoms with E-state index in [1.807, 2.05) is 31.2 Å². The summed E-state index contributed by atoms with van der Waals surface area (Å²) in [7, 11) is 4.58. The SMILES string of the molecule is COc1cc(OC)c(C(=O)NCc2cccc(C)c2)cc1OC. The molecule has 0 atom stereocenters. The van der Waals surface area contributed by atoms with Gasteiger partial charge in [-0.2, -0.15) is 0 Å². The van der Waals surface area contributed by atoms with Crippen LogP contribution in [0.5, 0.6) is 17.2 Å². The molecule has 0 aliphatic heterocycles. The van der Waals surface area contributed by atoms with E-state index < -0.39 is 0 Å². The fraction of sp³-hybridized carbons (Fsp3) is 0.278. The number of ether oxygens (including phenoxy) is 3. The highest BCUT2D eigenvalue weighted by atomic mass is 16.5. The standard InChI is InChI=1S/C18H21NO4/c1-12-6-5-7-13(8-12)11-19-18(20)14-9-16(22-3)17(23-4)10-15(14)21-2/h5-10H,11H2,1-4H3,(H,19,20). The molecule has 5 heteroatoms. The number of hydrogen-bond acceptors (Lipinski definition) is 4. The number of carbonyl (C=O) groups excluding carboxylic acids is 1. The fourth-order valence-electron chi connectivity index (χ4n) is 2.31. The Morgan fingerprint density at radius 2 is 1.61 bits per heavy atom. The zero-order valence-electron chi connectivity index (χ0n) is 13.8. The molecular weight excluding hydrogens is 294 g/mol. The summed E-state index contributed by atoms with van der Waals surface area (Å²) >= 11 is 0. The van der Waals surface area contributed by atoms with Crippen LogP contribution < -0.4 is 19.5 Å². The van der Waals surface area contributed by atoms with Gasteiger partial charge in [0.15, 0.2) is 11.5 Å². The monoisotopic (exact) mass is 315 g/mol. The van der Waals surface area contributed by atoms with Crippen LogP contribution in [-0.4, -0.2) is 27.2 Å². The van der Waals surface area contributed by atoms with Crippen LogP contribution in [-0.2, 0) is 6.54 Å². The van der Waals surface area contributed by atoms with Gasteiger partial charge in [-0.25, -0.2) is 0 Å². The van der Waals surface area contributed by atoms with Gasteiger partial charge >= 0.3 is 0 Å². The smallest absolute Gasteiger partial charge is 0.255 e. The van der Waals surface area contributed by atoms with Crippen LogP contribution in [0.15, 0.2) is 36.4 Å². The molecule has 2 aromatic rings. The van der Waals surface area contributed by atoms with Crippen molar-refractivity contribution < 1.29 is 19.0 Å². The van der Waals surface area contributed by atoms with E-state index in [0.29, 0.717) is 29.4 Å². The van der Waals surface area contributed by atoms with Crippen LogP contribution in [0.25, 0.3) is 0 Å². The lowest BCUT2D eigenvalue weighted by molar-refractivity contribution is 0.0947. The zero-order chi connectivity index (χ0) is 16.8. The van der Waals surface area contributed by atoms with Gasteiger partial charge in [0, 0.05) is 18.7 Å². The van der Waals surface area contributed by atoms with Crippen LogP contribution in [0, 0.1) is 6.92 Å². The van der Waals surface area contributed by atoms with Gasteiger partial charge in [0.25, 0.3) is 5.91 Å². The van der Waals surface area contributed by atoms with E-state index in [0.717, 1.165) is 11.1 Å². The van der Waals surface area contributed by atoms with Crippen LogP contribution in [0.3, 0.4) is 0 Å². The third-order valence-electron chi connectivity index (χ3n) is 3.49. The highest BCUT2D eigenvalue weighted by Crippen LogP contribution is 2.34. The maximum absolute atomic E-state index is 12.5. The molecule has 122 valence electrons. The third kappa shape index (κ3) is 3.94. The number of methoxy groups -OCH3 is 3. The van der Waals surface area contributed by atoms with E-state index in [1.165, 1.54) is 21.3 Å². The Morgan fingerprint density at radius 3 is 2.22 bits per heavy atom. The Hall–Kier alpha value is -2.69. The minimum Gasteiger partial charge on any atom is -0.496 e. The van der Waals surface area contributed by atoms with Crippen molar-refractivity contribution in [2.24, 2.45) is 0 Å². The van der Waals surface area contributed by atoms with E-state index in [1.54, 1.807) is 12.1 Å². The van der Waals surface area contributed by atoms with E-state index >= 15 is 0 Å². The number of hydrogen-bond donors (Lipinski definition) is 1. The average Bonchev–Trinajstić information content (AvgIpc) is 2.58. The van der Waals surface area contributed by atoms with Gasteiger partial charge in [0.05, 0.1) is 26.9 Å². The Balaban J connectivity index is 2.21. The summed E-state index contributed by atoms with van der Waals surface area (Å²) in [6, 6.07) is 11.2. The number of aryl methyl sites for hydroxylation is 1. The molecule has 0 spiro atoms. The maximum atomic E-state index is 12.5. The summed E-state index contributed by atoms with van der Waals surface area (Å²) in [5.74, 6) is 1.20. The zero-order valence-corrected chi connectivity index (χ0v) is 13.8. The lowest BCUT2D eigenvalue weighted by atomic mass is 10.1. The van der Waals surface area contributed by atoms with Crippen LogP contribution in [0.1, 0.15) is 21.5 Å². The first-order chi connectivity index (χ1) is 11.1. The lowest BCUT2D eigenvalue weighted by Gasteiger charge is -2.14. The molecule has 5 nitrogen and oxygen atoms in total. The Kier molecular flexibility index (Phi) is 5.46. The minimum atomic E-state index is -0.232. The minimum absolute atomic E-state index is 0.232. The fourth-order valence-corrected chi connectivity index (χ4v) is 2.31. The molecule has 0 aliphatic rings. The molecule has 0 aromatic heterocycles. The van der Waals surface area contributed by atoms with Gasteiger partial charge in [0.1, 0.15) is 5.75 Å². The molecule has 1 N–H and O–H groups in total. The van der Waals surface area contributed by atoms with Crippen molar-refractivity contribution in [3.63, 3.8) is 0 Å². The second-order valence-corrected chi connectivity index (χ2v) is 5.08. The lowest BCUT2D eigenvalue weighted by Crippen LogP contribution is -2.23. The van der Waals surface area contributed by atoms with Crippen LogP contribution in [0.4, 0.5) is 0 Å². The molecule has 1 amide bonds. The van der Waals surface area contributed by atoms with Crippen LogP contribution in [0.2, 0.25) is 0 Å². The number of nitrogens with one attached hydrogen (secondary N) is 1. The van der Waals surface area contributed by atoms with E-state index in [2.05, 4.69) is 5.32 Å². The van der Waals surface area contributed by atoms with Crippen molar-refractivity contribution in [1.82, 2.24) is 5.32 Å². The van der Waals surface area contributed by atoms with Crippen molar-refractivity contribution in [3.8, 4) is 17.2 Å². The first-order valence-electron chi connectivity index (χ1n) is 7.22. The van der Waals surface area contributed by atoms with Crippen molar-refractivity contribution >= 4 is 5.91 Å². The van der Waals surface area contributed by atoms with Crippen molar-refractivity contribution in [2.75, 3.05) is 21.3 Å². The number of carbonyl (C=O) groups is 1. The first kappa shape index (κ1) is 16.7. The summed E-state index contributed by atoms with van der Waals surface area (Å²) in [4.78, 5) is 12.5.